The van der Waals surface area contributed by atoms with Gasteiger partial charge in [0.15, 0.2) is 0 Å². The third-order valence-electron chi connectivity index (χ3n) is 4.68. The summed E-state index contributed by atoms with van der Waals surface area (Å²) in [5, 5.41) is 7.18. The Labute approximate surface area is 176 Å². The van der Waals surface area contributed by atoms with Crippen LogP contribution in [0.3, 0.4) is 0 Å². The summed E-state index contributed by atoms with van der Waals surface area (Å²) in [5.41, 5.74) is 7.10. The van der Waals surface area contributed by atoms with Gasteiger partial charge in [-0.2, -0.15) is 5.10 Å². The van der Waals surface area contributed by atoms with Crippen LogP contribution >= 0.6 is 0 Å². The Morgan fingerprint density at radius 2 is 1.47 bits per heavy atom. The lowest BCUT2D eigenvalue weighted by Crippen LogP contribution is -2.20. The predicted molar refractivity (Wildman–Crippen MR) is 121 cm³/mol. The van der Waals surface area contributed by atoms with Crippen LogP contribution in [-0.4, -0.2) is 17.5 Å². The highest BCUT2D eigenvalue weighted by Gasteiger charge is 2.10. The van der Waals surface area contributed by atoms with E-state index in [0.29, 0.717) is 16.8 Å². The van der Waals surface area contributed by atoms with Crippen LogP contribution < -0.4 is 10.7 Å². The summed E-state index contributed by atoms with van der Waals surface area (Å²) in [5.74, 6) is -0.474. The number of anilines is 1. The second-order valence-electron chi connectivity index (χ2n) is 6.96. The number of hydrazone groups is 1. The van der Waals surface area contributed by atoms with Gasteiger partial charge in [-0.15, -0.1) is 0 Å². The van der Waals surface area contributed by atoms with Crippen molar-refractivity contribution >= 4 is 23.2 Å². The topological polar surface area (TPSA) is 70.6 Å². The van der Waals surface area contributed by atoms with Gasteiger partial charge in [0.2, 0.25) is 0 Å². The van der Waals surface area contributed by atoms with E-state index in [2.05, 4.69) is 22.8 Å². The van der Waals surface area contributed by atoms with Gasteiger partial charge in [-0.3, -0.25) is 9.59 Å². The normalized spacial score (nSPS) is 11.1. The number of nitrogens with one attached hydrogen (secondary N) is 2. The van der Waals surface area contributed by atoms with Crippen molar-refractivity contribution in [3.63, 3.8) is 0 Å². The average molecular weight is 399 g/mol. The molecule has 3 aromatic rings. The number of amides is 2. The predicted octanol–water partition coefficient (Wildman–Crippen LogP) is 5.18. The minimum atomic E-state index is -0.295. The highest BCUT2D eigenvalue weighted by Crippen LogP contribution is 2.14. The minimum Gasteiger partial charge on any atom is -0.322 e. The number of hydrogen-bond acceptors (Lipinski definition) is 3. The zero-order valence-electron chi connectivity index (χ0n) is 17.2. The fraction of sp³-hybridized carbons (Fsp3) is 0.160. The lowest BCUT2D eigenvalue weighted by atomic mass is 10.1. The van der Waals surface area contributed by atoms with E-state index in [9.17, 15) is 9.59 Å². The number of nitrogens with zero attached hydrogens (tertiary/aromatic N) is 1. The Bertz CT molecular complexity index is 1040. The fourth-order valence-electron chi connectivity index (χ4n) is 3.05. The molecule has 152 valence electrons. The highest BCUT2D eigenvalue weighted by molar-refractivity contribution is 6.05. The van der Waals surface area contributed by atoms with Gasteiger partial charge in [0.1, 0.15) is 0 Å². The minimum absolute atomic E-state index is 0.179. The third kappa shape index (κ3) is 5.41. The van der Waals surface area contributed by atoms with Gasteiger partial charge >= 0.3 is 0 Å². The monoisotopic (exact) mass is 399 g/mol. The SMILES string of the molecule is CCC/C(=N\NC(=O)c1ccc(NC(=O)c2ccccc2C)cc1)c1ccccc1. The van der Waals surface area contributed by atoms with Gasteiger partial charge in [-0.25, -0.2) is 5.43 Å². The zero-order chi connectivity index (χ0) is 21.3. The average Bonchev–Trinajstić information content (AvgIpc) is 2.77. The van der Waals surface area contributed by atoms with Crippen LogP contribution in [0.15, 0.2) is 84.0 Å². The van der Waals surface area contributed by atoms with Crippen LogP contribution in [0, 0.1) is 6.92 Å². The molecule has 2 amide bonds. The molecule has 0 aliphatic heterocycles. The second-order valence-corrected chi connectivity index (χ2v) is 6.96. The Balaban J connectivity index is 1.66. The molecule has 0 saturated heterocycles. The van der Waals surface area contributed by atoms with Gasteiger partial charge in [0, 0.05) is 16.8 Å². The van der Waals surface area contributed by atoms with E-state index in [1.165, 1.54) is 0 Å². The maximum absolute atomic E-state index is 12.5. The van der Waals surface area contributed by atoms with Crippen molar-refractivity contribution in [3.05, 3.63) is 101 Å². The smallest absolute Gasteiger partial charge is 0.271 e. The zero-order valence-corrected chi connectivity index (χ0v) is 17.2. The molecule has 0 aliphatic carbocycles. The summed E-state index contributed by atoms with van der Waals surface area (Å²) in [7, 11) is 0. The molecule has 0 saturated carbocycles. The summed E-state index contributed by atoms with van der Waals surface area (Å²) in [6.45, 7) is 3.97. The molecule has 0 fully saturated rings. The van der Waals surface area contributed by atoms with E-state index < -0.39 is 0 Å². The summed E-state index contributed by atoms with van der Waals surface area (Å²) < 4.78 is 0. The van der Waals surface area contributed by atoms with Crippen molar-refractivity contribution in [2.24, 2.45) is 5.10 Å². The number of rotatable bonds is 7. The molecule has 0 spiro atoms. The van der Waals surface area contributed by atoms with E-state index >= 15 is 0 Å². The van der Waals surface area contributed by atoms with Crippen molar-refractivity contribution in [2.45, 2.75) is 26.7 Å². The Morgan fingerprint density at radius 3 is 2.13 bits per heavy atom. The van der Waals surface area contributed by atoms with Crippen LogP contribution in [0.5, 0.6) is 0 Å². The number of hydrogen-bond donors (Lipinski definition) is 2. The number of carbonyl (C=O) groups is 2. The lowest BCUT2D eigenvalue weighted by molar-refractivity contribution is 0.0954. The highest BCUT2D eigenvalue weighted by atomic mass is 16.2. The number of carbonyl (C=O) groups excluding carboxylic acids is 2. The molecule has 0 atom stereocenters. The summed E-state index contributed by atoms with van der Waals surface area (Å²) in [4.78, 5) is 24.9. The maximum atomic E-state index is 12.5. The van der Waals surface area contributed by atoms with Crippen LogP contribution in [-0.2, 0) is 0 Å². The van der Waals surface area contributed by atoms with Crippen molar-refractivity contribution in [1.29, 1.82) is 0 Å². The molecule has 3 aromatic carbocycles. The van der Waals surface area contributed by atoms with Gasteiger partial charge in [-0.05, 0) is 54.8 Å². The molecule has 3 rings (SSSR count). The molecule has 0 heterocycles. The molecule has 0 unspecified atom stereocenters. The molecule has 0 aliphatic rings. The first-order chi connectivity index (χ1) is 14.6. The Morgan fingerprint density at radius 1 is 0.800 bits per heavy atom. The number of benzene rings is 3. The first-order valence-corrected chi connectivity index (χ1v) is 9.98. The van der Waals surface area contributed by atoms with E-state index in [1.807, 2.05) is 55.5 Å². The van der Waals surface area contributed by atoms with E-state index in [4.69, 9.17) is 0 Å². The molecule has 5 heteroatoms. The molecule has 0 radical (unpaired) electrons. The maximum Gasteiger partial charge on any atom is 0.271 e. The summed E-state index contributed by atoms with van der Waals surface area (Å²) in [6, 6.07) is 24.0. The lowest BCUT2D eigenvalue weighted by Gasteiger charge is -2.09. The summed E-state index contributed by atoms with van der Waals surface area (Å²) >= 11 is 0. The first kappa shape index (κ1) is 21.0. The molecule has 2 N–H and O–H groups in total. The van der Waals surface area contributed by atoms with E-state index in [1.54, 1.807) is 30.3 Å². The van der Waals surface area contributed by atoms with Crippen LogP contribution in [0.25, 0.3) is 0 Å². The first-order valence-electron chi connectivity index (χ1n) is 9.98. The van der Waals surface area contributed by atoms with Crippen molar-refractivity contribution in [1.82, 2.24) is 5.43 Å². The van der Waals surface area contributed by atoms with Gasteiger partial charge in [0.25, 0.3) is 11.8 Å². The Kier molecular flexibility index (Phi) is 7.11. The molecule has 30 heavy (non-hydrogen) atoms. The van der Waals surface area contributed by atoms with Crippen molar-refractivity contribution in [3.8, 4) is 0 Å². The Hall–Kier alpha value is -3.73. The molecular weight excluding hydrogens is 374 g/mol. The van der Waals surface area contributed by atoms with Crippen LogP contribution in [0.4, 0.5) is 5.69 Å². The molecule has 0 aromatic heterocycles. The summed E-state index contributed by atoms with van der Waals surface area (Å²) in [6.07, 6.45) is 1.70. The molecule has 5 nitrogen and oxygen atoms in total. The third-order valence-corrected chi connectivity index (χ3v) is 4.68. The standard InChI is InChI=1S/C25H25N3O2/c1-3-9-23(19-11-5-4-6-12-19)27-28-24(29)20-14-16-21(17-15-20)26-25(30)22-13-8-7-10-18(22)2/h4-8,10-17H,3,9H2,1-2H3,(H,26,30)(H,28,29)/b27-23+. The van der Waals surface area contributed by atoms with E-state index in [0.717, 1.165) is 29.7 Å². The second kappa shape index (κ2) is 10.2. The van der Waals surface area contributed by atoms with Gasteiger partial charge in [0.05, 0.1) is 5.71 Å². The quantitative estimate of drug-likeness (QED) is 0.424. The van der Waals surface area contributed by atoms with Crippen molar-refractivity contribution < 1.29 is 9.59 Å². The molecule has 0 bridgehead atoms. The van der Waals surface area contributed by atoms with Crippen LogP contribution in [0.1, 0.15) is 51.6 Å². The number of aryl methyl sites for hydroxylation is 1. The van der Waals surface area contributed by atoms with Gasteiger partial charge < -0.3 is 5.32 Å². The molecular formula is C25H25N3O2. The van der Waals surface area contributed by atoms with Gasteiger partial charge in [-0.1, -0.05) is 61.9 Å². The fourth-order valence-corrected chi connectivity index (χ4v) is 3.05. The largest absolute Gasteiger partial charge is 0.322 e. The van der Waals surface area contributed by atoms with Crippen molar-refractivity contribution in [2.75, 3.05) is 5.32 Å². The van der Waals surface area contributed by atoms with E-state index in [-0.39, 0.29) is 11.8 Å². The van der Waals surface area contributed by atoms with Crippen LogP contribution in [0.2, 0.25) is 0 Å².